The molecular formula is C30H30Cl2N4O5. The Hall–Kier alpha value is -4.08. The van der Waals surface area contributed by atoms with Gasteiger partial charge in [0.1, 0.15) is 24.2 Å². The molecule has 41 heavy (non-hydrogen) atoms. The molecule has 11 heteroatoms. The van der Waals surface area contributed by atoms with Crippen LogP contribution < -0.4 is 20.7 Å². The number of hydrogen-bond acceptors (Lipinski definition) is 6. The van der Waals surface area contributed by atoms with Gasteiger partial charge in [0, 0.05) is 25.8 Å². The minimum atomic E-state index is -1.30. The van der Waals surface area contributed by atoms with Crippen LogP contribution in [0.3, 0.4) is 0 Å². The molecule has 1 atom stereocenters. The summed E-state index contributed by atoms with van der Waals surface area (Å²) in [6.07, 6.45) is 0.387. The lowest BCUT2D eigenvalue weighted by molar-refractivity contribution is -0.139. The maximum absolute atomic E-state index is 13.0. The Kier molecular flexibility index (Phi) is 9.86. The van der Waals surface area contributed by atoms with Gasteiger partial charge in [-0.2, -0.15) is 0 Å². The van der Waals surface area contributed by atoms with Crippen LogP contribution in [0, 0.1) is 5.41 Å². The zero-order valence-corrected chi connectivity index (χ0v) is 23.7. The van der Waals surface area contributed by atoms with E-state index in [1.807, 2.05) is 53.4 Å². The van der Waals surface area contributed by atoms with Gasteiger partial charge in [-0.15, -0.1) is 0 Å². The van der Waals surface area contributed by atoms with Crippen molar-refractivity contribution in [1.82, 2.24) is 5.32 Å². The van der Waals surface area contributed by atoms with E-state index >= 15 is 0 Å². The topological polar surface area (TPSA) is 146 Å². The second kappa shape index (κ2) is 13.5. The van der Waals surface area contributed by atoms with Gasteiger partial charge in [0.05, 0.1) is 33.7 Å². The molecule has 5 N–H and O–H groups in total. The number of amidine groups is 1. The predicted octanol–water partition coefficient (Wildman–Crippen LogP) is 4.96. The summed E-state index contributed by atoms with van der Waals surface area (Å²) in [7, 11) is 0. The summed E-state index contributed by atoms with van der Waals surface area (Å²) < 4.78 is 5.71. The fourth-order valence-electron chi connectivity index (χ4n) is 4.65. The number of carbonyl (C=O) groups is 3. The lowest BCUT2D eigenvalue weighted by Crippen LogP contribution is -2.41. The molecule has 1 amide bonds. The van der Waals surface area contributed by atoms with Crippen molar-refractivity contribution in [3.05, 3.63) is 81.8 Å². The van der Waals surface area contributed by atoms with Gasteiger partial charge in [-0.05, 0) is 47.4 Å². The highest BCUT2D eigenvalue weighted by molar-refractivity contribution is 6.40. The zero-order valence-electron chi connectivity index (χ0n) is 22.2. The van der Waals surface area contributed by atoms with Crippen molar-refractivity contribution in [2.24, 2.45) is 5.73 Å². The molecule has 0 aliphatic carbocycles. The highest BCUT2D eigenvalue weighted by Crippen LogP contribution is 2.33. The van der Waals surface area contributed by atoms with E-state index in [1.54, 1.807) is 12.1 Å². The second-order valence-corrected chi connectivity index (χ2v) is 10.5. The Balaban J connectivity index is 1.35. The van der Waals surface area contributed by atoms with E-state index in [0.717, 1.165) is 22.4 Å². The number of carboxylic acid groups (broad SMARTS) is 1. The molecule has 3 aromatic rings. The van der Waals surface area contributed by atoms with E-state index in [-0.39, 0.29) is 46.5 Å². The number of nitrogens with zero attached hydrogens (tertiary/aromatic N) is 1. The molecule has 9 nitrogen and oxygen atoms in total. The Morgan fingerprint density at radius 1 is 1.02 bits per heavy atom. The number of ketones is 1. The molecule has 1 aliphatic rings. The Morgan fingerprint density at radius 2 is 1.73 bits per heavy atom. The molecule has 0 bridgehead atoms. The third-order valence-electron chi connectivity index (χ3n) is 6.73. The van der Waals surface area contributed by atoms with Gasteiger partial charge in [-0.1, -0.05) is 59.6 Å². The molecule has 0 radical (unpaired) electrons. The lowest BCUT2D eigenvalue weighted by atomic mass is 10.0. The van der Waals surface area contributed by atoms with Crippen LogP contribution in [0.25, 0.3) is 11.1 Å². The van der Waals surface area contributed by atoms with Crippen molar-refractivity contribution < 1.29 is 24.2 Å². The fourth-order valence-corrected chi connectivity index (χ4v) is 5.30. The molecule has 1 aliphatic heterocycles. The van der Waals surface area contributed by atoms with Gasteiger partial charge < -0.3 is 25.8 Å². The van der Waals surface area contributed by atoms with Gasteiger partial charge in [-0.25, -0.2) is 4.79 Å². The third kappa shape index (κ3) is 7.77. The van der Waals surface area contributed by atoms with Gasteiger partial charge in [0.2, 0.25) is 0 Å². The van der Waals surface area contributed by atoms with Crippen LogP contribution in [0.1, 0.15) is 35.2 Å². The second-order valence-electron chi connectivity index (χ2n) is 9.71. The summed E-state index contributed by atoms with van der Waals surface area (Å²) in [6, 6.07) is 16.8. The van der Waals surface area contributed by atoms with Crippen molar-refractivity contribution in [1.29, 1.82) is 5.41 Å². The van der Waals surface area contributed by atoms with Crippen molar-refractivity contribution in [2.75, 3.05) is 24.6 Å². The van der Waals surface area contributed by atoms with E-state index in [2.05, 4.69) is 5.32 Å². The molecule has 0 fully saturated rings. The molecule has 1 heterocycles. The SMILES string of the molecule is N=C(N)Cc1ccc2c(c1)N(CCC(=O)CC[C@H](NC(=O)c1c(Cl)cc(-c3ccccc3)cc1Cl)C(=O)O)CCO2. The maximum Gasteiger partial charge on any atom is 0.326 e. The number of amides is 1. The van der Waals surface area contributed by atoms with Crippen LogP contribution in [-0.4, -0.2) is 54.3 Å². The normalized spacial score (nSPS) is 13.1. The van der Waals surface area contributed by atoms with Gasteiger partial charge in [0.25, 0.3) is 5.91 Å². The van der Waals surface area contributed by atoms with E-state index < -0.39 is 17.9 Å². The molecule has 0 saturated carbocycles. The molecule has 3 aromatic carbocycles. The summed E-state index contributed by atoms with van der Waals surface area (Å²) >= 11 is 12.8. The van der Waals surface area contributed by atoms with Crippen LogP contribution in [-0.2, 0) is 16.0 Å². The minimum absolute atomic E-state index is 0.0271. The van der Waals surface area contributed by atoms with E-state index in [0.29, 0.717) is 31.9 Å². The van der Waals surface area contributed by atoms with Crippen LogP contribution in [0.15, 0.2) is 60.7 Å². The minimum Gasteiger partial charge on any atom is -0.490 e. The zero-order chi connectivity index (χ0) is 29.5. The van der Waals surface area contributed by atoms with Crippen LogP contribution in [0.2, 0.25) is 10.0 Å². The summed E-state index contributed by atoms with van der Waals surface area (Å²) in [4.78, 5) is 39.6. The number of ether oxygens (including phenoxy) is 1. The number of carbonyl (C=O) groups excluding carboxylic acids is 2. The number of carboxylic acids is 1. The highest BCUT2D eigenvalue weighted by atomic mass is 35.5. The number of nitrogens with one attached hydrogen (secondary N) is 2. The first-order valence-corrected chi connectivity index (χ1v) is 13.8. The summed E-state index contributed by atoms with van der Waals surface area (Å²) in [5.41, 5.74) is 8.78. The monoisotopic (exact) mass is 596 g/mol. The first kappa shape index (κ1) is 29.9. The van der Waals surface area contributed by atoms with Crippen LogP contribution in [0.5, 0.6) is 5.75 Å². The number of nitrogens with two attached hydrogens (primary N) is 1. The van der Waals surface area contributed by atoms with Crippen molar-refractivity contribution in [2.45, 2.75) is 31.7 Å². The Labute approximate surface area is 247 Å². The summed E-state index contributed by atoms with van der Waals surface area (Å²) in [6.45, 7) is 1.47. The van der Waals surface area contributed by atoms with Crippen LogP contribution in [0.4, 0.5) is 5.69 Å². The quantitative estimate of drug-likeness (QED) is 0.171. The van der Waals surface area contributed by atoms with Gasteiger partial charge in [0.15, 0.2) is 0 Å². The maximum atomic E-state index is 13.0. The number of hydrogen-bond donors (Lipinski definition) is 4. The van der Waals surface area contributed by atoms with Crippen molar-refractivity contribution in [3.63, 3.8) is 0 Å². The fraction of sp³-hybridized carbons (Fsp3) is 0.267. The summed E-state index contributed by atoms with van der Waals surface area (Å²) in [5.74, 6) is -1.39. The standard InChI is InChI=1S/C30H30Cl2N4O5/c31-22-16-20(19-4-2-1-3-5-19)17-23(32)28(22)29(38)35-24(30(39)40)8-7-21(37)10-11-36-12-13-41-26-9-6-18(14-25(26)36)15-27(33)34/h1-6,9,14,16-17,24H,7-8,10-13,15H2,(H3,33,34)(H,35,38)(H,39,40)/t24-/m0/s1. The van der Waals surface area contributed by atoms with Gasteiger partial charge in [-0.3, -0.25) is 15.0 Å². The first-order valence-electron chi connectivity index (χ1n) is 13.1. The molecule has 0 unspecified atom stereocenters. The number of rotatable bonds is 12. The highest BCUT2D eigenvalue weighted by Gasteiger charge is 2.25. The molecular weight excluding hydrogens is 567 g/mol. The van der Waals surface area contributed by atoms with Crippen molar-refractivity contribution in [3.8, 4) is 16.9 Å². The summed E-state index contributed by atoms with van der Waals surface area (Å²) in [5, 5.41) is 19.9. The lowest BCUT2D eigenvalue weighted by Gasteiger charge is -2.31. The number of anilines is 1. The van der Waals surface area contributed by atoms with Crippen molar-refractivity contribution >= 4 is 52.4 Å². The Morgan fingerprint density at radius 3 is 2.39 bits per heavy atom. The van der Waals surface area contributed by atoms with E-state index in [9.17, 15) is 19.5 Å². The number of halogens is 2. The average molecular weight is 597 g/mol. The molecule has 4 rings (SSSR count). The number of Topliss-reactive ketones (excluding diaryl/α,β-unsaturated/α-hetero) is 1. The molecule has 0 aromatic heterocycles. The largest absolute Gasteiger partial charge is 0.490 e. The van der Waals surface area contributed by atoms with Crippen LogP contribution >= 0.6 is 23.2 Å². The predicted molar refractivity (Wildman–Crippen MR) is 159 cm³/mol. The molecule has 214 valence electrons. The van der Waals surface area contributed by atoms with E-state index in [4.69, 9.17) is 39.1 Å². The van der Waals surface area contributed by atoms with E-state index in [1.165, 1.54) is 0 Å². The number of fused-ring (bicyclic) bond motifs is 1. The van der Waals surface area contributed by atoms with Gasteiger partial charge >= 0.3 is 5.97 Å². The molecule has 0 saturated heterocycles. The molecule has 0 spiro atoms. The first-order chi connectivity index (χ1) is 19.6. The average Bonchev–Trinajstić information content (AvgIpc) is 2.93. The third-order valence-corrected chi connectivity index (χ3v) is 7.33. The smallest absolute Gasteiger partial charge is 0.326 e. The number of aliphatic carboxylic acids is 1. The number of benzene rings is 3. The Bertz CT molecular complexity index is 1440.